The topological polar surface area (TPSA) is 59.9 Å². The van der Waals surface area contributed by atoms with Crippen LogP contribution < -0.4 is 10.1 Å². The molecule has 0 fully saturated rings. The highest BCUT2D eigenvalue weighted by atomic mass is 79.9. The van der Waals surface area contributed by atoms with Gasteiger partial charge in [0.2, 0.25) is 17.3 Å². The Labute approximate surface area is 166 Å². The molecular formula is C17H11BrClFN4OS. The van der Waals surface area contributed by atoms with E-state index in [1.165, 1.54) is 17.8 Å². The summed E-state index contributed by atoms with van der Waals surface area (Å²) in [4.78, 5) is 4.40. The molecule has 4 rings (SSSR count). The highest BCUT2D eigenvalue weighted by molar-refractivity contribution is 9.10. The van der Waals surface area contributed by atoms with E-state index in [4.69, 9.17) is 16.3 Å². The lowest BCUT2D eigenvalue weighted by molar-refractivity contribution is 0.220. The van der Waals surface area contributed by atoms with Crippen molar-refractivity contribution in [2.45, 2.75) is 11.4 Å². The van der Waals surface area contributed by atoms with Crippen LogP contribution in [-0.4, -0.2) is 21.4 Å². The summed E-state index contributed by atoms with van der Waals surface area (Å²) in [6.07, 6.45) is 0.977. The summed E-state index contributed by atoms with van der Waals surface area (Å²) in [5, 5.41) is 12.3. The van der Waals surface area contributed by atoms with Crippen molar-refractivity contribution in [2.75, 3.05) is 11.6 Å². The van der Waals surface area contributed by atoms with Crippen molar-refractivity contribution in [3.63, 3.8) is 0 Å². The van der Waals surface area contributed by atoms with E-state index in [1.54, 1.807) is 12.1 Å². The van der Waals surface area contributed by atoms with Gasteiger partial charge >= 0.3 is 0 Å². The number of hydrogen-bond donors (Lipinski definition) is 1. The quantitative estimate of drug-likeness (QED) is 0.530. The molecule has 0 saturated carbocycles. The van der Waals surface area contributed by atoms with Crippen LogP contribution in [0, 0.1) is 5.82 Å². The molecule has 3 aromatic rings. The molecule has 0 bridgehead atoms. The first-order valence-corrected chi connectivity index (χ1v) is 9.92. The largest absolute Gasteiger partial charge is 0.448 e. The fourth-order valence-corrected chi connectivity index (χ4v) is 3.57. The maximum atomic E-state index is 14.5. The lowest BCUT2D eigenvalue weighted by Crippen LogP contribution is -2.19. The molecule has 1 aliphatic rings. The van der Waals surface area contributed by atoms with Gasteiger partial charge in [-0.05, 0) is 36.6 Å². The Morgan fingerprint density at radius 3 is 2.88 bits per heavy atom. The molecule has 1 unspecified atom stereocenters. The lowest BCUT2D eigenvalue weighted by Gasteiger charge is -2.20. The molecule has 1 N–H and O–H groups in total. The summed E-state index contributed by atoms with van der Waals surface area (Å²) >= 11 is 11.0. The van der Waals surface area contributed by atoms with E-state index in [2.05, 4.69) is 36.4 Å². The number of benzene rings is 2. The van der Waals surface area contributed by atoms with Crippen molar-refractivity contribution >= 4 is 45.0 Å². The maximum absolute atomic E-state index is 14.5. The first kappa shape index (κ1) is 17.5. The van der Waals surface area contributed by atoms with Gasteiger partial charge in [0.1, 0.15) is 5.82 Å². The van der Waals surface area contributed by atoms with E-state index < -0.39 is 12.0 Å². The van der Waals surface area contributed by atoms with Gasteiger partial charge in [0.25, 0.3) is 0 Å². The normalized spacial score (nSPS) is 15.3. The smallest absolute Gasteiger partial charge is 0.247 e. The Bertz CT molecular complexity index is 986. The van der Waals surface area contributed by atoms with Gasteiger partial charge in [0.15, 0.2) is 5.69 Å². The van der Waals surface area contributed by atoms with Gasteiger partial charge in [-0.15, -0.1) is 10.2 Å². The third-order valence-electron chi connectivity index (χ3n) is 3.83. The average Bonchev–Trinajstić information content (AvgIpc) is 2.77. The van der Waals surface area contributed by atoms with Crippen LogP contribution in [-0.2, 0) is 0 Å². The molecule has 9 heteroatoms. The third-order valence-corrected chi connectivity index (χ3v) is 5.19. The van der Waals surface area contributed by atoms with Crippen LogP contribution in [0.1, 0.15) is 11.8 Å². The van der Waals surface area contributed by atoms with E-state index in [0.717, 1.165) is 10.0 Å². The Balaban J connectivity index is 1.92. The van der Waals surface area contributed by atoms with Crippen LogP contribution in [0.2, 0.25) is 5.02 Å². The fraction of sp³-hybridized carbons (Fsp3) is 0.118. The number of aromatic nitrogens is 3. The number of fused-ring (bicyclic) bond motifs is 3. The van der Waals surface area contributed by atoms with Crippen molar-refractivity contribution in [3.8, 4) is 17.1 Å². The minimum Gasteiger partial charge on any atom is -0.448 e. The number of halogens is 3. The van der Waals surface area contributed by atoms with Crippen LogP contribution in [0.4, 0.5) is 10.1 Å². The second-order valence-electron chi connectivity index (χ2n) is 5.42. The predicted octanol–water partition coefficient (Wildman–Crippen LogP) is 5.32. The Morgan fingerprint density at radius 1 is 1.27 bits per heavy atom. The van der Waals surface area contributed by atoms with Crippen LogP contribution in [0.25, 0.3) is 11.3 Å². The first-order chi connectivity index (χ1) is 12.6. The van der Waals surface area contributed by atoms with Crippen LogP contribution >= 0.6 is 39.3 Å². The predicted molar refractivity (Wildman–Crippen MR) is 103 cm³/mol. The molecule has 132 valence electrons. The van der Waals surface area contributed by atoms with E-state index in [9.17, 15) is 4.39 Å². The van der Waals surface area contributed by atoms with E-state index >= 15 is 0 Å². The molecule has 2 heterocycles. The SMILES string of the molecule is CSc1nnc2c(n1)OC(c1c(F)cccc1Cl)Nc1ccc(Br)cc1-2. The average molecular weight is 454 g/mol. The van der Waals surface area contributed by atoms with Crippen molar-refractivity contribution < 1.29 is 9.13 Å². The van der Waals surface area contributed by atoms with Crippen molar-refractivity contribution in [2.24, 2.45) is 0 Å². The van der Waals surface area contributed by atoms with Gasteiger partial charge in [-0.3, -0.25) is 0 Å². The highest BCUT2D eigenvalue weighted by Crippen LogP contribution is 2.42. The van der Waals surface area contributed by atoms with Gasteiger partial charge in [-0.1, -0.05) is 45.4 Å². The van der Waals surface area contributed by atoms with Crippen LogP contribution in [0.15, 0.2) is 46.0 Å². The monoisotopic (exact) mass is 452 g/mol. The summed E-state index contributed by atoms with van der Waals surface area (Å²) in [6, 6.07) is 10.1. The highest BCUT2D eigenvalue weighted by Gasteiger charge is 2.29. The van der Waals surface area contributed by atoms with Crippen LogP contribution in [0.5, 0.6) is 5.88 Å². The third kappa shape index (κ3) is 3.13. The van der Waals surface area contributed by atoms with E-state index in [1.807, 2.05) is 24.5 Å². The van der Waals surface area contributed by atoms with Gasteiger partial charge < -0.3 is 10.1 Å². The van der Waals surface area contributed by atoms with Gasteiger partial charge in [-0.2, -0.15) is 4.98 Å². The summed E-state index contributed by atoms with van der Waals surface area (Å²) in [5.41, 5.74) is 2.14. The summed E-state index contributed by atoms with van der Waals surface area (Å²) in [7, 11) is 0. The molecule has 0 saturated heterocycles. The van der Waals surface area contributed by atoms with Crippen LogP contribution in [0.3, 0.4) is 0 Å². The van der Waals surface area contributed by atoms with E-state index in [-0.39, 0.29) is 16.5 Å². The number of rotatable bonds is 2. The molecule has 0 spiro atoms. The number of anilines is 1. The Morgan fingerprint density at radius 2 is 2.12 bits per heavy atom. The molecular weight excluding hydrogens is 443 g/mol. The van der Waals surface area contributed by atoms with Gasteiger partial charge in [0.05, 0.1) is 10.6 Å². The molecule has 1 aromatic heterocycles. The second-order valence-corrected chi connectivity index (χ2v) is 7.52. The van der Waals surface area contributed by atoms with E-state index in [0.29, 0.717) is 16.5 Å². The maximum Gasteiger partial charge on any atom is 0.247 e. The second kappa shape index (κ2) is 7.02. The fourth-order valence-electron chi connectivity index (χ4n) is 2.65. The summed E-state index contributed by atoms with van der Waals surface area (Å²) in [6.45, 7) is 0. The number of nitrogens with one attached hydrogen (secondary N) is 1. The first-order valence-electron chi connectivity index (χ1n) is 7.52. The van der Waals surface area contributed by atoms with Crippen molar-refractivity contribution in [1.29, 1.82) is 0 Å². The minimum atomic E-state index is -0.865. The Kier molecular flexibility index (Phi) is 4.73. The number of ether oxygens (including phenoxy) is 1. The van der Waals surface area contributed by atoms with Gasteiger partial charge in [-0.25, -0.2) is 4.39 Å². The standard InChI is InChI=1S/C17H11BrClFN4OS/c1-26-17-22-16-14(23-24-17)9-7-8(18)5-6-12(9)21-15(25-16)13-10(19)3-2-4-11(13)20/h2-7,15,21H,1H3. The number of nitrogens with zero attached hydrogens (tertiary/aromatic N) is 3. The zero-order valence-electron chi connectivity index (χ0n) is 13.3. The Hall–Kier alpha value is -1.90. The van der Waals surface area contributed by atoms with Crippen molar-refractivity contribution in [1.82, 2.24) is 15.2 Å². The molecule has 0 radical (unpaired) electrons. The van der Waals surface area contributed by atoms with Gasteiger partial charge in [0, 0.05) is 15.7 Å². The number of thioether (sulfide) groups is 1. The molecule has 1 aliphatic heterocycles. The molecule has 1 atom stereocenters. The minimum absolute atomic E-state index is 0.209. The van der Waals surface area contributed by atoms with Crippen molar-refractivity contribution in [3.05, 3.63) is 57.3 Å². The number of hydrogen-bond acceptors (Lipinski definition) is 6. The summed E-state index contributed by atoms with van der Waals surface area (Å²) < 4.78 is 21.3. The summed E-state index contributed by atoms with van der Waals surface area (Å²) in [5.74, 6) is -0.206. The molecule has 2 aromatic carbocycles. The molecule has 26 heavy (non-hydrogen) atoms. The molecule has 0 amide bonds. The zero-order valence-corrected chi connectivity index (χ0v) is 16.5. The molecule has 5 nitrogen and oxygen atoms in total. The zero-order chi connectivity index (χ0) is 18.3. The molecule has 0 aliphatic carbocycles. The lowest BCUT2D eigenvalue weighted by atomic mass is 10.1.